The van der Waals surface area contributed by atoms with Gasteiger partial charge < -0.3 is 20.4 Å². The summed E-state index contributed by atoms with van der Waals surface area (Å²) >= 11 is 0. The summed E-state index contributed by atoms with van der Waals surface area (Å²) in [5.41, 5.74) is 3.66. The van der Waals surface area contributed by atoms with Crippen molar-refractivity contribution in [1.29, 1.82) is 0 Å². The number of amides is 1. The Morgan fingerprint density at radius 1 is 1.06 bits per heavy atom. The van der Waals surface area contributed by atoms with Crippen molar-refractivity contribution in [3.05, 3.63) is 65.7 Å². The first-order valence-corrected chi connectivity index (χ1v) is 11.3. The van der Waals surface area contributed by atoms with E-state index in [9.17, 15) is 4.79 Å². The summed E-state index contributed by atoms with van der Waals surface area (Å²) in [5.74, 6) is 1.06. The molecule has 1 fully saturated rings. The number of rotatable bonds is 10. The molecular formula is C25H36IN5O. The average Bonchev–Trinajstić information content (AvgIpc) is 3.21. The number of halogens is 1. The van der Waals surface area contributed by atoms with E-state index in [1.807, 2.05) is 17.0 Å². The summed E-state index contributed by atoms with van der Waals surface area (Å²) in [4.78, 5) is 20.7. The van der Waals surface area contributed by atoms with Crippen LogP contribution in [0.1, 0.15) is 37.3 Å². The summed E-state index contributed by atoms with van der Waals surface area (Å²) < 4.78 is 0. The first kappa shape index (κ1) is 26.0. The Balaban J connectivity index is 0.00000363. The lowest BCUT2D eigenvalue weighted by Crippen LogP contribution is -2.38. The van der Waals surface area contributed by atoms with Gasteiger partial charge in [-0.15, -0.1) is 24.0 Å². The van der Waals surface area contributed by atoms with Gasteiger partial charge in [0.15, 0.2) is 5.96 Å². The van der Waals surface area contributed by atoms with E-state index in [1.54, 1.807) is 7.05 Å². The van der Waals surface area contributed by atoms with Crippen molar-refractivity contribution < 1.29 is 4.79 Å². The van der Waals surface area contributed by atoms with E-state index in [1.165, 1.54) is 16.8 Å². The van der Waals surface area contributed by atoms with Crippen molar-refractivity contribution >= 4 is 41.5 Å². The summed E-state index contributed by atoms with van der Waals surface area (Å²) in [7, 11) is 1.80. The fourth-order valence-electron chi connectivity index (χ4n) is 3.95. The molecule has 2 aromatic rings. The van der Waals surface area contributed by atoms with Crippen LogP contribution in [0, 0.1) is 0 Å². The van der Waals surface area contributed by atoms with Gasteiger partial charge in [-0.25, -0.2) is 0 Å². The lowest BCUT2D eigenvalue weighted by molar-refractivity contribution is -0.128. The summed E-state index contributed by atoms with van der Waals surface area (Å²) in [5, 5.41) is 6.84. The number of benzene rings is 2. The van der Waals surface area contributed by atoms with E-state index in [4.69, 9.17) is 0 Å². The van der Waals surface area contributed by atoms with Gasteiger partial charge in [0.05, 0.1) is 0 Å². The number of hydrogen-bond donors (Lipinski definition) is 2. The highest BCUT2D eigenvalue weighted by atomic mass is 127. The number of hydrogen-bond acceptors (Lipinski definition) is 3. The zero-order valence-electron chi connectivity index (χ0n) is 19.2. The molecule has 0 unspecified atom stereocenters. The number of para-hydroxylation sites is 1. The predicted molar refractivity (Wildman–Crippen MR) is 144 cm³/mol. The zero-order chi connectivity index (χ0) is 21.9. The maximum absolute atomic E-state index is 12.0. The normalized spacial score (nSPS) is 13.6. The number of carbonyl (C=O) groups excluding carboxylic acids is 1. The average molecular weight is 550 g/mol. The molecule has 0 radical (unpaired) electrons. The Morgan fingerprint density at radius 3 is 2.44 bits per heavy atom. The maximum Gasteiger partial charge on any atom is 0.222 e. The van der Waals surface area contributed by atoms with Crippen molar-refractivity contribution in [3.8, 4) is 0 Å². The van der Waals surface area contributed by atoms with Crippen LogP contribution < -0.4 is 15.5 Å². The molecule has 1 saturated heterocycles. The van der Waals surface area contributed by atoms with Crippen molar-refractivity contribution in [2.75, 3.05) is 38.1 Å². The van der Waals surface area contributed by atoms with Gasteiger partial charge in [-0.05, 0) is 43.0 Å². The number of aliphatic imine (C=N–C) groups is 1. The van der Waals surface area contributed by atoms with Gasteiger partial charge in [0.25, 0.3) is 0 Å². The molecular weight excluding hydrogens is 513 g/mol. The second-order valence-corrected chi connectivity index (χ2v) is 7.81. The highest BCUT2D eigenvalue weighted by molar-refractivity contribution is 14.0. The van der Waals surface area contributed by atoms with Crippen molar-refractivity contribution in [2.45, 2.75) is 39.3 Å². The van der Waals surface area contributed by atoms with E-state index in [-0.39, 0.29) is 29.9 Å². The summed E-state index contributed by atoms with van der Waals surface area (Å²) in [6.45, 7) is 7.27. The Morgan fingerprint density at radius 2 is 1.78 bits per heavy atom. The van der Waals surface area contributed by atoms with E-state index < -0.39 is 0 Å². The van der Waals surface area contributed by atoms with E-state index in [2.05, 4.69) is 69.9 Å². The molecule has 1 aliphatic heterocycles. The third-order valence-corrected chi connectivity index (χ3v) is 5.72. The molecule has 32 heavy (non-hydrogen) atoms. The molecule has 3 rings (SSSR count). The van der Waals surface area contributed by atoms with Crippen LogP contribution in [0.2, 0.25) is 0 Å². The second-order valence-electron chi connectivity index (χ2n) is 7.81. The van der Waals surface area contributed by atoms with Crippen LogP contribution >= 0.6 is 24.0 Å². The van der Waals surface area contributed by atoms with Gasteiger partial charge in [-0.3, -0.25) is 9.79 Å². The smallest absolute Gasteiger partial charge is 0.222 e. The Bertz CT molecular complexity index is 858. The Kier molecular flexibility index (Phi) is 11.3. The fraction of sp³-hybridized carbons (Fsp3) is 0.440. The molecule has 174 valence electrons. The molecule has 0 spiro atoms. The van der Waals surface area contributed by atoms with Crippen molar-refractivity contribution in [3.63, 3.8) is 0 Å². The topological polar surface area (TPSA) is 60.0 Å². The largest absolute Gasteiger partial charge is 0.372 e. The Hall–Kier alpha value is -2.29. The zero-order valence-corrected chi connectivity index (χ0v) is 21.5. The predicted octanol–water partition coefficient (Wildman–Crippen LogP) is 4.01. The maximum atomic E-state index is 12.0. The van der Waals surface area contributed by atoms with Crippen molar-refractivity contribution in [1.82, 2.24) is 15.5 Å². The van der Waals surface area contributed by atoms with Gasteiger partial charge in [-0.1, -0.05) is 42.5 Å². The van der Waals surface area contributed by atoms with Crippen molar-refractivity contribution in [2.24, 2.45) is 4.99 Å². The van der Waals surface area contributed by atoms with Crippen LogP contribution in [0.25, 0.3) is 0 Å². The number of nitrogens with one attached hydrogen (secondary N) is 2. The first-order chi connectivity index (χ1) is 15.2. The standard InChI is InChI=1S/C25H35N5O.HI/c1-3-29(23-13-5-4-6-14-23)18-10-16-27-25(26-2)28-19-21-11-7-8-12-22(21)20-30-17-9-15-24(30)31;/h4-8,11-14H,3,9-10,15-20H2,1-2H3,(H2,26,27,28);1H. The summed E-state index contributed by atoms with van der Waals surface area (Å²) in [6, 6.07) is 18.9. The molecule has 2 aromatic carbocycles. The van der Waals surface area contributed by atoms with Crippen LogP contribution in [0.3, 0.4) is 0 Å². The minimum atomic E-state index is 0. The highest BCUT2D eigenvalue weighted by Crippen LogP contribution is 2.17. The first-order valence-electron chi connectivity index (χ1n) is 11.3. The highest BCUT2D eigenvalue weighted by Gasteiger charge is 2.20. The van der Waals surface area contributed by atoms with Crippen LogP contribution in [-0.2, 0) is 17.9 Å². The Labute approximate surface area is 209 Å². The lowest BCUT2D eigenvalue weighted by atomic mass is 10.1. The summed E-state index contributed by atoms with van der Waals surface area (Å²) in [6.07, 6.45) is 2.67. The molecule has 0 bridgehead atoms. The van der Waals surface area contributed by atoms with E-state index >= 15 is 0 Å². The monoisotopic (exact) mass is 549 g/mol. The molecule has 1 amide bonds. The van der Waals surface area contributed by atoms with Gasteiger partial charge >= 0.3 is 0 Å². The number of carbonyl (C=O) groups is 1. The minimum Gasteiger partial charge on any atom is -0.372 e. The van der Waals surface area contributed by atoms with Crippen LogP contribution in [0.4, 0.5) is 5.69 Å². The third kappa shape index (κ3) is 7.69. The van der Waals surface area contributed by atoms with Crippen LogP contribution in [0.15, 0.2) is 59.6 Å². The molecule has 0 aliphatic carbocycles. The molecule has 0 saturated carbocycles. The molecule has 0 aromatic heterocycles. The van der Waals surface area contributed by atoms with E-state index in [0.29, 0.717) is 19.5 Å². The SMILES string of the molecule is CCN(CCCNC(=NC)NCc1ccccc1CN1CCCC1=O)c1ccccc1.I. The molecule has 1 aliphatic rings. The lowest BCUT2D eigenvalue weighted by Gasteiger charge is -2.23. The number of likely N-dealkylation sites (tertiary alicyclic amines) is 1. The van der Waals surface area contributed by atoms with Gasteiger partial charge in [0, 0.05) is 58.4 Å². The molecule has 7 heteroatoms. The second kappa shape index (κ2) is 14.0. The number of anilines is 1. The molecule has 2 N–H and O–H groups in total. The molecule has 1 heterocycles. The molecule has 6 nitrogen and oxygen atoms in total. The quantitative estimate of drug-likeness (QED) is 0.204. The molecule has 0 atom stereocenters. The third-order valence-electron chi connectivity index (χ3n) is 5.72. The minimum absolute atomic E-state index is 0. The van der Waals surface area contributed by atoms with Gasteiger partial charge in [0.2, 0.25) is 5.91 Å². The van der Waals surface area contributed by atoms with Crippen LogP contribution in [0.5, 0.6) is 0 Å². The fourth-order valence-corrected chi connectivity index (χ4v) is 3.95. The van der Waals surface area contributed by atoms with Gasteiger partial charge in [-0.2, -0.15) is 0 Å². The van der Waals surface area contributed by atoms with E-state index in [0.717, 1.165) is 45.0 Å². The van der Waals surface area contributed by atoms with Crippen LogP contribution in [-0.4, -0.2) is 50.0 Å². The number of guanidine groups is 1. The van der Waals surface area contributed by atoms with Gasteiger partial charge in [0.1, 0.15) is 0 Å². The number of nitrogens with zero attached hydrogens (tertiary/aromatic N) is 3.